The van der Waals surface area contributed by atoms with Gasteiger partial charge in [-0.05, 0) is 31.5 Å². The summed E-state index contributed by atoms with van der Waals surface area (Å²) in [5.41, 5.74) is 1.00. The molecule has 0 saturated carbocycles. The van der Waals surface area contributed by atoms with Crippen molar-refractivity contribution in [2.24, 2.45) is 0 Å². The molecule has 1 aliphatic rings. The molecule has 0 aromatic rings. The molecule has 86 valence electrons. The van der Waals surface area contributed by atoms with Gasteiger partial charge in [-0.3, -0.25) is 9.69 Å². The van der Waals surface area contributed by atoms with Gasteiger partial charge in [0.25, 0.3) is 0 Å². The van der Waals surface area contributed by atoms with Gasteiger partial charge in [0, 0.05) is 6.04 Å². The molecular formula is C12H21NO2. The number of carbonyl (C=O) groups is 1. The molecule has 0 bridgehead atoms. The van der Waals surface area contributed by atoms with E-state index in [1.54, 1.807) is 0 Å². The van der Waals surface area contributed by atoms with E-state index >= 15 is 0 Å². The van der Waals surface area contributed by atoms with E-state index in [4.69, 9.17) is 0 Å². The van der Waals surface area contributed by atoms with Crippen LogP contribution >= 0.6 is 0 Å². The number of rotatable bonds is 4. The van der Waals surface area contributed by atoms with Gasteiger partial charge >= 0.3 is 5.97 Å². The van der Waals surface area contributed by atoms with Crippen LogP contribution < -0.4 is 0 Å². The lowest BCUT2D eigenvalue weighted by Crippen LogP contribution is -2.40. The fourth-order valence-corrected chi connectivity index (χ4v) is 2.21. The van der Waals surface area contributed by atoms with Crippen LogP contribution in [-0.4, -0.2) is 37.1 Å². The lowest BCUT2D eigenvalue weighted by Gasteiger charge is -2.35. The number of hydrogen-bond acceptors (Lipinski definition) is 3. The molecule has 1 aliphatic heterocycles. The van der Waals surface area contributed by atoms with Gasteiger partial charge in [0.2, 0.25) is 0 Å². The molecule has 0 amide bonds. The van der Waals surface area contributed by atoms with E-state index in [1.165, 1.54) is 20.0 Å². The summed E-state index contributed by atoms with van der Waals surface area (Å²) in [5.74, 6) is -0.179. The summed E-state index contributed by atoms with van der Waals surface area (Å²) >= 11 is 0. The van der Waals surface area contributed by atoms with E-state index < -0.39 is 0 Å². The minimum absolute atomic E-state index is 0.179. The fourth-order valence-electron chi connectivity index (χ4n) is 2.21. The molecule has 1 rings (SSSR count). The van der Waals surface area contributed by atoms with Crippen LogP contribution in [0.2, 0.25) is 0 Å². The molecule has 0 N–H and O–H groups in total. The summed E-state index contributed by atoms with van der Waals surface area (Å²) in [5, 5.41) is 0. The first-order valence-electron chi connectivity index (χ1n) is 5.67. The third-order valence-corrected chi connectivity index (χ3v) is 3.09. The van der Waals surface area contributed by atoms with Crippen LogP contribution in [0.1, 0.15) is 32.6 Å². The van der Waals surface area contributed by atoms with Gasteiger partial charge in [-0.25, -0.2) is 0 Å². The number of nitrogens with zero attached hydrogens (tertiary/aromatic N) is 1. The highest BCUT2D eigenvalue weighted by atomic mass is 16.5. The summed E-state index contributed by atoms with van der Waals surface area (Å²) in [6, 6.07) is 0.378. The van der Waals surface area contributed by atoms with Crippen molar-refractivity contribution in [2.45, 2.75) is 38.6 Å². The zero-order valence-electron chi connectivity index (χ0n) is 9.79. The number of carbonyl (C=O) groups excluding carboxylic acids is 1. The van der Waals surface area contributed by atoms with Gasteiger partial charge in [-0.15, -0.1) is 0 Å². The quantitative estimate of drug-likeness (QED) is 0.526. The number of esters is 1. The standard InChI is InChI=1S/C12H21NO2/c1-4-13-8-6-5-7-11(13)10(2)9-12(14)15-3/h11H,2,4-9H2,1,3H3. The molecule has 0 aliphatic carbocycles. The molecule has 1 fully saturated rings. The Morgan fingerprint density at radius 1 is 1.53 bits per heavy atom. The van der Waals surface area contributed by atoms with E-state index in [-0.39, 0.29) is 5.97 Å². The normalized spacial score (nSPS) is 22.4. The number of likely N-dealkylation sites (N-methyl/N-ethyl adjacent to an activating group) is 1. The summed E-state index contributed by atoms with van der Waals surface area (Å²) in [6.07, 6.45) is 3.98. The van der Waals surface area contributed by atoms with Crippen LogP contribution in [-0.2, 0) is 9.53 Å². The van der Waals surface area contributed by atoms with Crippen LogP contribution in [0.4, 0.5) is 0 Å². The molecule has 1 unspecified atom stereocenters. The first kappa shape index (κ1) is 12.2. The van der Waals surface area contributed by atoms with Crippen molar-refractivity contribution in [3.8, 4) is 0 Å². The monoisotopic (exact) mass is 211 g/mol. The van der Waals surface area contributed by atoms with Gasteiger partial charge in [0.15, 0.2) is 0 Å². The zero-order valence-corrected chi connectivity index (χ0v) is 9.79. The Morgan fingerprint density at radius 2 is 2.27 bits per heavy atom. The van der Waals surface area contributed by atoms with Crippen molar-refractivity contribution in [3.05, 3.63) is 12.2 Å². The van der Waals surface area contributed by atoms with E-state index in [1.807, 2.05) is 0 Å². The molecule has 1 heterocycles. The van der Waals surface area contributed by atoms with Crippen LogP contribution in [0, 0.1) is 0 Å². The van der Waals surface area contributed by atoms with Crippen LogP contribution in [0.3, 0.4) is 0 Å². The molecule has 0 spiro atoms. The van der Waals surface area contributed by atoms with E-state index in [0.29, 0.717) is 12.5 Å². The average molecular weight is 211 g/mol. The minimum Gasteiger partial charge on any atom is -0.469 e. The summed E-state index contributed by atoms with van der Waals surface area (Å²) in [6.45, 7) is 8.34. The van der Waals surface area contributed by atoms with Crippen LogP contribution in [0.15, 0.2) is 12.2 Å². The molecule has 0 radical (unpaired) electrons. The third-order valence-electron chi connectivity index (χ3n) is 3.09. The van der Waals surface area contributed by atoms with Crippen molar-refractivity contribution < 1.29 is 9.53 Å². The fraction of sp³-hybridized carbons (Fsp3) is 0.750. The summed E-state index contributed by atoms with van der Waals surface area (Å²) in [7, 11) is 1.42. The summed E-state index contributed by atoms with van der Waals surface area (Å²) < 4.78 is 4.66. The second kappa shape index (κ2) is 5.91. The molecule has 0 aromatic carbocycles. The van der Waals surface area contributed by atoms with Gasteiger partial charge in [-0.2, -0.15) is 0 Å². The van der Waals surface area contributed by atoms with Gasteiger partial charge < -0.3 is 4.74 Å². The van der Waals surface area contributed by atoms with Crippen molar-refractivity contribution in [1.82, 2.24) is 4.90 Å². The SMILES string of the molecule is C=C(CC(=O)OC)C1CCCCN1CC. The number of ether oxygens (including phenoxy) is 1. The smallest absolute Gasteiger partial charge is 0.309 e. The van der Waals surface area contributed by atoms with E-state index in [9.17, 15) is 4.79 Å². The highest BCUT2D eigenvalue weighted by Crippen LogP contribution is 2.23. The highest BCUT2D eigenvalue weighted by molar-refractivity contribution is 5.72. The predicted molar refractivity (Wildman–Crippen MR) is 60.7 cm³/mol. The zero-order chi connectivity index (χ0) is 11.3. The van der Waals surface area contributed by atoms with Crippen LogP contribution in [0.25, 0.3) is 0 Å². The number of piperidine rings is 1. The first-order valence-corrected chi connectivity index (χ1v) is 5.67. The Hall–Kier alpha value is -0.830. The maximum Gasteiger partial charge on any atom is 0.309 e. The lowest BCUT2D eigenvalue weighted by atomic mass is 9.94. The van der Waals surface area contributed by atoms with Gasteiger partial charge in [0.1, 0.15) is 0 Å². The van der Waals surface area contributed by atoms with Crippen molar-refractivity contribution >= 4 is 5.97 Å². The topological polar surface area (TPSA) is 29.5 Å². The van der Waals surface area contributed by atoms with Gasteiger partial charge in [-0.1, -0.05) is 19.9 Å². The Morgan fingerprint density at radius 3 is 2.87 bits per heavy atom. The van der Waals surface area contributed by atoms with E-state index in [2.05, 4.69) is 23.1 Å². The third kappa shape index (κ3) is 3.34. The number of hydrogen-bond donors (Lipinski definition) is 0. The van der Waals surface area contributed by atoms with Crippen LogP contribution in [0.5, 0.6) is 0 Å². The molecule has 3 nitrogen and oxygen atoms in total. The molecule has 1 saturated heterocycles. The molecular weight excluding hydrogens is 190 g/mol. The van der Waals surface area contributed by atoms with Crippen molar-refractivity contribution in [3.63, 3.8) is 0 Å². The first-order chi connectivity index (χ1) is 7.19. The Bertz CT molecular complexity index is 238. The molecule has 15 heavy (non-hydrogen) atoms. The van der Waals surface area contributed by atoms with Gasteiger partial charge in [0.05, 0.1) is 13.5 Å². The minimum atomic E-state index is -0.179. The molecule has 1 atom stereocenters. The Balaban J connectivity index is 2.52. The summed E-state index contributed by atoms with van der Waals surface area (Å²) in [4.78, 5) is 13.6. The van der Waals surface area contributed by atoms with Crippen molar-refractivity contribution in [1.29, 1.82) is 0 Å². The number of methoxy groups -OCH3 is 1. The maximum absolute atomic E-state index is 11.2. The second-order valence-electron chi connectivity index (χ2n) is 4.05. The van der Waals surface area contributed by atoms with Crippen molar-refractivity contribution in [2.75, 3.05) is 20.2 Å². The Labute approximate surface area is 92.1 Å². The predicted octanol–water partition coefficient (Wildman–Crippen LogP) is 1.98. The van der Waals surface area contributed by atoms with E-state index in [0.717, 1.165) is 25.1 Å². The largest absolute Gasteiger partial charge is 0.469 e. The average Bonchev–Trinajstić information content (AvgIpc) is 2.28. The molecule has 3 heteroatoms. The lowest BCUT2D eigenvalue weighted by molar-refractivity contribution is -0.139. The highest BCUT2D eigenvalue weighted by Gasteiger charge is 2.24. The second-order valence-corrected chi connectivity index (χ2v) is 4.05. The number of likely N-dealkylation sites (tertiary alicyclic amines) is 1. The Kier molecular flexibility index (Phi) is 4.82. The molecule has 0 aromatic heterocycles. The maximum atomic E-state index is 11.2.